The van der Waals surface area contributed by atoms with Gasteiger partial charge in [0.25, 0.3) is 0 Å². The van der Waals surface area contributed by atoms with Crippen LogP contribution in [0.25, 0.3) is 0 Å². The first-order valence-corrected chi connectivity index (χ1v) is 8.40. The SMILES string of the molecule is C[C@@H](Oc1ccc(C(=O)O)cc1C(F)(F)F)c1ccc(Oc2ccccn2)cn1. The Morgan fingerprint density at radius 3 is 2.48 bits per heavy atom. The minimum atomic E-state index is -4.77. The second-order valence-corrected chi connectivity index (χ2v) is 5.96. The number of carboxylic acids is 1. The molecule has 1 atom stereocenters. The van der Waals surface area contributed by atoms with Gasteiger partial charge >= 0.3 is 12.1 Å². The molecule has 6 nitrogen and oxygen atoms in total. The van der Waals surface area contributed by atoms with Gasteiger partial charge in [-0.25, -0.2) is 9.78 Å². The van der Waals surface area contributed by atoms with Crippen molar-refractivity contribution in [3.8, 4) is 17.4 Å². The molecule has 0 saturated heterocycles. The maximum atomic E-state index is 13.3. The lowest BCUT2D eigenvalue weighted by molar-refractivity contribution is -0.139. The highest BCUT2D eigenvalue weighted by Gasteiger charge is 2.35. The summed E-state index contributed by atoms with van der Waals surface area (Å²) in [4.78, 5) is 19.1. The molecule has 3 rings (SSSR count). The third-order valence-electron chi connectivity index (χ3n) is 3.87. The Bertz CT molecular complexity index is 993. The van der Waals surface area contributed by atoms with Crippen molar-refractivity contribution < 1.29 is 32.5 Å². The van der Waals surface area contributed by atoms with E-state index in [1.165, 1.54) is 13.1 Å². The number of aromatic nitrogens is 2. The van der Waals surface area contributed by atoms with Gasteiger partial charge in [-0.3, -0.25) is 4.98 Å². The van der Waals surface area contributed by atoms with Gasteiger partial charge in [-0.05, 0) is 43.3 Å². The number of rotatable bonds is 6. The third-order valence-corrected chi connectivity index (χ3v) is 3.87. The monoisotopic (exact) mass is 404 g/mol. The standard InChI is InChI=1S/C20H15F3N2O4/c1-12(16-7-6-14(11-25-16)29-18-4-2-3-9-24-18)28-17-8-5-13(19(26)27)10-15(17)20(21,22)23/h2-12H,1H3,(H,26,27)/t12-/m1/s1. The summed E-state index contributed by atoms with van der Waals surface area (Å²) in [6, 6.07) is 10.9. The van der Waals surface area contributed by atoms with Gasteiger partial charge in [0.05, 0.1) is 23.0 Å². The highest BCUT2D eigenvalue weighted by atomic mass is 19.4. The van der Waals surface area contributed by atoms with Gasteiger partial charge in [0, 0.05) is 12.3 Å². The number of nitrogens with zero attached hydrogens (tertiary/aromatic N) is 2. The lowest BCUT2D eigenvalue weighted by Gasteiger charge is -2.19. The first-order chi connectivity index (χ1) is 13.7. The van der Waals surface area contributed by atoms with E-state index < -0.39 is 35.1 Å². The van der Waals surface area contributed by atoms with Crippen molar-refractivity contribution in [2.75, 3.05) is 0 Å². The minimum absolute atomic E-state index is 0.369. The van der Waals surface area contributed by atoms with Gasteiger partial charge in [0.1, 0.15) is 17.6 Å². The van der Waals surface area contributed by atoms with Crippen LogP contribution in [0.3, 0.4) is 0 Å². The summed E-state index contributed by atoms with van der Waals surface area (Å²) in [6.45, 7) is 1.53. The molecular formula is C20H15F3N2O4. The van der Waals surface area contributed by atoms with Crippen molar-refractivity contribution in [2.24, 2.45) is 0 Å². The highest BCUT2D eigenvalue weighted by molar-refractivity contribution is 5.88. The zero-order chi connectivity index (χ0) is 21.0. The molecule has 0 radical (unpaired) electrons. The van der Waals surface area contributed by atoms with Crippen molar-refractivity contribution in [3.05, 3.63) is 77.7 Å². The first kappa shape index (κ1) is 20.1. The van der Waals surface area contributed by atoms with Crippen LogP contribution in [-0.2, 0) is 6.18 Å². The van der Waals surface area contributed by atoms with Crippen molar-refractivity contribution >= 4 is 5.97 Å². The average molecular weight is 404 g/mol. The van der Waals surface area contributed by atoms with E-state index in [9.17, 15) is 18.0 Å². The highest BCUT2D eigenvalue weighted by Crippen LogP contribution is 2.38. The van der Waals surface area contributed by atoms with Gasteiger partial charge in [0.2, 0.25) is 5.88 Å². The Morgan fingerprint density at radius 2 is 1.90 bits per heavy atom. The van der Waals surface area contributed by atoms with E-state index in [2.05, 4.69) is 9.97 Å². The molecule has 0 aliphatic carbocycles. The van der Waals surface area contributed by atoms with Crippen LogP contribution in [-0.4, -0.2) is 21.0 Å². The number of pyridine rings is 2. The average Bonchev–Trinajstić information content (AvgIpc) is 2.68. The van der Waals surface area contributed by atoms with Crippen molar-refractivity contribution in [1.29, 1.82) is 0 Å². The molecule has 29 heavy (non-hydrogen) atoms. The van der Waals surface area contributed by atoms with Gasteiger partial charge in [0.15, 0.2) is 0 Å². The molecule has 2 heterocycles. The number of ether oxygens (including phenoxy) is 2. The van der Waals surface area contributed by atoms with E-state index >= 15 is 0 Å². The molecule has 0 saturated carbocycles. The second kappa shape index (κ2) is 8.17. The van der Waals surface area contributed by atoms with Crippen molar-refractivity contribution in [2.45, 2.75) is 19.2 Å². The summed E-state index contributed by atoms with van der Waals surface area (Å²) in [5, 5.41) is 8.92. The van der Waals surface area contributed by atoms with E-state index in [0.717, 1.165) is 12.1 Å². The molecule has 150 valence electrons. The van der Waals surface area contributed by atoms with Crippen LogP contribution in [0.1, 0.15) is 34.6 Å². The van der Waals surface area contributed by atoms with E-state index in [1.54, 1.807) is 36.5 Å². The zero-order valence-electron chi connectivity index (χ0n) is 15.1. The minimum Gasteiger partial charge on any atom is -0.484 e. The van der Waals surface area contributed by atoms with E-state index in [1.807, 2.05) is 0 Å². The molecule has 0 fully saturated rings. The van der Waals surface area contributed by atoms with Crippen molar-refractivity contribution in [1.82, 2.24) is 9.97 Å². The molecule has 0 amide bonds. The smallest absolute Gasteiger partial charge is 0.419 e. The van der Waals surface area contributed by atoms with Crippen molar-refractivity contribution in [3.63, 3.8) is 0 Å². The number of hydrogen-bond acceptors (Lipinski definition) is 5. The number of carboxylic acid groups (broad SMARTS) is 1. The Kier molecular flexibility index (Phi) is 5.67. The van der Waals surface area contributed by atoms with Crippen LogP contribution in [0, 0.1) is 0 Å². The third kappa shape index (κ3) is 5.01. The quantitative estimate of drug-likeness (QED) is 0.614. The molecular weight excluding hydrogens is 389 g/mol. The number of alkyl halides is 3. The van der Waals surface area contributed by atoms with Crippen LogP contribution in [0.2, 0.25) is 0 Å². The van der Waals surface area contributed by atoms with Crippen LogP contribution in [0.4, 0.5) is 13.2 Å². The molecule has 1 aromatic carbocycles. The lowest BCUT2D eigenvalue weighted by Crippen LogP contribution is -2.13. The first-order valence-electron chi connectivity index (χ1n) is 8.40. The molecule has 0 bridgehead atoms. The largest absolute Gasteiger partial charge is 0.484 e. The van der Waals surface area contributed by atoms with Gasteiger partial charge in [-0.15, -0.1) is 0 Å². The molecule has 0 aliphatic heterocycles. The predicted molar refractivity (Wildman–Crippen MR) is 96.0 cm³/mol. The fourth-order valence-corrected chi connectivity index (χ4v) is 2.46. The van der Waals surface area contributed by atoms with Crippen LogP contribution in [0.5, 0.6) is 17.4 Å². The van der Waals surface area contributed by atoms with E-state index in [4.69, 9.17) is 14.6 Å². The number of carbonyl (C=O) groups is 1. The molecule has 9 heteroatoms. The summed E-state index contributed by atoms with van der Waals surface area (Å²) in [6.07, 6.45) is -2.62. The number of hydrogen-bond donors (Lipinski definition) is 1. The maximum Gasteiger partial charge on any atom is 0.419 e. The summed E-state index contributed by atoms with van der Waals surface area (Å²) < 4.78 is 50.8. The Hall–Kier alpha value is -3.62. The van der Waals surface area contributed by atoms with Gasteiger partial charge in [-0.1, -0.05) is 6.07 Å². The molecule has 0 aliphatic rings. The number of halogens is 3. The van der Waals surface area contributed by atoms with E-state index in [0.29, 0.717) is 23.4 Å². The number of benzene rings is 1. The Balaban J connectivity index is 1.78. The lowest BCUT2D eigenvalue weighted by atomic mass is 10.1. The molecule has 3 aromatic rings. The topological polar surface area (TPSA) is 81.5 Å². The summed E-state index contributed by atoms with van der Waals surface area (Å²) in [7, 11) is 0. The summed E-state index contributed by atoms with van der Waals surface area (Å²) in [5.74, 6) is -1.16. The predicted octanol–water partition coefficient (Wildman–Crippen LogP) is 5.13. The van der Waals surface area contributed by atoms with E-state index in [-0.39, 0.29) is 0 Å². The fourth-order valence-electron chi connectivity index (χ4n) is 2.46. The van der Waals surface area contributed by atoms with Crippen LogP contribution >= 0.6 is 0 Å². The van der Waals surface area contributed by atoms with Crippen LogP contribution < -0.4 is 9.47 Å². The summed E-state index contributed by atoms with van der Waals surface area (Å²) in [5.41, 5.74) is -1.28. The maximum absolute atomic E-state index is 13.3. The van der Waals surface area contributed by atoms with Gasteiger partial charge in [-0.2, -0.15) is 13.2 Å². The fraction of sp³-hybridized carbons (Fsp3) is 0.150. The zero-order valence-corrected chi connectivity index (χ0v) is 15.1. The molecule has 0 unspecified atom stereocenters. The molecule has 1 N–H and O–H groups in total. The second-order valence-electron chi connectivity index (χ2n) is 5.96. The van der Waals surface area contributed by atoms with Crippen LogP contribution in [0.15, 0.2) is 60.9 Å². The Labute approximate surface area is 163 Å². The summed E-state index contributed by atoms with van der Waals surface area (Å²) >= 11 is 0. The normalized spacial score (nSPS) is 12.3. The van der Waals surface area contributed by atoms with Gasteiger partial charge < -0.3 is 14.6 Å². The molecule has 0 spiro atoms. The number of aromatic carboxylic acids is 1. The molecule has 2 aromatic heterocycles. The Morgan fingerprint density at radius 1 is 1.10 bits per heavy atom.